The van der Waals surface area contributed by atoms with Crippen molar-refractivity contribution in [1.29, 1.82) is 0 Å². The highest BCUT2D eigenvalue weighted by atomic mass is 16.4. The minimum absolute atomic E-state index is 0.0113. The minimum atomic E-state index is -1.43. The first-order valence-electron chi connectivity index (χ1n) is 10.3. The topological polar surface area (TPSA) is 217 Å². The molecule has 0 spiro atoms. The van der Waals surface area contributed by atoms with E-state index in [0.29, 0.717) is 19.4 Å². The maximum Gasteiger partial charge on any atom is 0.326 e. The van der Waals surface area contributed by atoms with E-state index in [1.54, 1.807) is 0 Å². The normalized spacial score (nSPS) is 16.0. The summed E-state index contributed by atoms with van der Waals surface area (Å²) >= 11 is 0. The molecule has 0 bridgehead atoms. The number of unbranched alkanes of at least 4 members (excludes halogenated alkanes) is 1. The number of hydrogen-bond acceptors (Lipinski definition) is 8. The van der Waals surface area contributed by atoms with Crippen LogP contribution in [0.1, 0.15) is 46.5 Å². The number of amides is 3. The number of aliphatic carboxylic acids is 1. The van der Waals surface area contributed by atoms with Crippen molar-refractivity contribution < 1.29 is 34.5 Å². The largest absolute Gasteiger partial charge is 0.480 e. The summed E-state index contributed by atoms with van der Waals surface area (Å²) < 4.78 is 0. The van der Waals surface area contributed by atoms with E-state index in [4.69, 9.17) is 16.6 Å². The van der Waals surface area contributed by atoms with Crippen LogP contribution >= 0.6 is 0 Å². The van der Waals surface area contributed by atoms with Gasteiger partial charge in [-0.15, -0.1) is 0 Å². The smallest absolute Gasteiger partial charge is 0.326 e. The zero-order chi connectivity index (χ0) is 24.1. The lowest BCUT2D eigenvalue weighted by atomic mass is 10.0. The number of hydrogen-bond donors (Lipinski definition) is 8. The van der Waals surface area contributed by atoms with Crippen LogP contribution in [0, 0.1) is 5.92 Å². The second-order valence-corrected chi connectivity index (χ2v) is 7.89. The predicted octanol–water partition coefficient (Wildman–Crippen LogP) is -2.60. The summed E-state index contributed by atoms with van der Waals surface area (Å²) in [4.78, 5) is 48.7. The molecule has 0 aromatic carbocycles. The molecule has 0 fully saturated rings. The number of aliphatic hydroxyl groups is 2. The molecule has 5 atom stereocenters. The van der Waals surface area contributed by atoms with Gasteiger partial charge in [0.2, 0.25) is 17.7 Å². The minimum Gasteiger partial charge on any atom is -0.480 e. The van der Waals surface area contributed by atoms with Crippen LogP contribution in [0.15, 0.2) is 0 Å². The number of nitrogens with one attached hydrogen (secondary N) is 3. The van der Waals surface area contributed by atoms with Crippen LogP contribution in [-0.4, -0.2) is 82.4 Å². The van der Waals surface area contributed by atoms with Gasteiger partial charge in [0.15, 0.2) is 0 Å². The molecule has 180 valence electrons. The molecule has 3 amide bonds. The zero-order valence-corrected chi connectivity index (χ0v) is 18.3. The predicted molar refractivity (Wildman–Crippen MR) is 113 cm³/mol. The summed E-state index contributed by atoms with van der Waals surface area (Å²) in [5.74, 6) is -3.58. The number of rotatable bonds is 15. The maximum absolute atomic E-state index is 12.7. The molecule has 0 rings (SSSR count). The molecule has 0 saturated heterocycles. The zero-order valence-electron chi connectivity index (χ0n) is 18.3. The Morgan fingerprint density at radius 2 is 1.48 bits per heavy atom. The van der Waals surface area contributed by atoms with Gasteiger partial charge in [0.05, 0.1) is 12.7 Å². The van der Waals surface area contributed by atoms with Crippen molar-refractivity contribution in [2.75, 3.05) is 13.2 Å². The molecular formula is C19H37N5O7. The summed E-state index contributed by atoms with van der Waals surface area (Å²) in [5.41, 5.74) is 10.9. The molecule has 12 nitrogen and oxygen atoms in total. The molecule has 12 heteroatoms. The standard InChI is InChI=1S/C19H37N5O7/c1-10(2)8-14(19(30)31)23-17(28)13(6-4-5-7-20)22-18(29)15(11(3)26)24-16(27)12(21)9-25/h10-15,25-26H,4-9,20-21H2,1-3H3,(H,22,29)(H,23,28)(H,24,27)(H,30,31). The van der Waals surface area contributed by atoms with Crippen molar-refractivity contribution in [3.8, 4) is 0 Å². The fourth-order valence-electron chi connectivity index (χ4n) is 2.74. The van der Waals surface area contributed by atoms with E-state index in [1.807, 2.05) is 13.8 Å². The van der Waals surface area contributed by atoms with E-state index in [2.05, 4.69) is 16.0 Å². The SMILES string of the molecule is CC(C)CC(NC(=O)C(CCCCN)NC(=O)C(NC(=O)C(N)CO)C(C)O)C(=O)O. The first-order chi connectivity index (χ1) is 14.4. The quantitative estimate of drug-likeness (QED) is 0.123. The highest BCUT2D eigenvalue weighted by Crippen LogP contribution is 2.08. The van der Waals surface area contributed by atoms with Gasteiger partial charge in [-0.3, -0.25) is 14.4 Å². The van der Waals surface area contributed by atoms with Gasteiger partial charge in [0.1, 0.15) is 24.2 Å². The van der Waals surface area contributed by atoms with Gasteiger partial charge < -0.3 is 42.7 Å². The maximum atomic E-state index is 12.7. The van der Waals surface area contributed by atoms with Crippen LogP contribution in [0.5, 0.6) is 0 Å². The number of carboxylic acids is 1. The number of aliphatic hydroxyl groups excluding tert-OH is 2. The van der Waals surface area contributed by atoms with Crippen LogP contribution in [-0.2, 0) is 19.2 Å². The van der Waals surface area contributed by atoms with Gasteiger partial charge in [-0.1, -0.05) is 13.8 Å². The highest BCUT2D eigenvalue weighted by Gasteiger charge is 2.32. The van der Waals surface area contributed by atoms with Crippen LogP contribution in [0.4, 0.5) is 0 Å². The summed E-state index contributed by atoms with van der Waals surface area (Å²) in [7, 11) is 0. The Balaban J connectivity index is 5.40. The monoisotopic (exact) mass is 447 g/mol. The van der Waals surface area contributed by atoms with Gasteiger partial charge >= 0.3 is 5.97 Å². The van der Waals surface area contributed by atoms with E-state index >= 15 is 0 Å². The first kappa shape index (κ1) is 28.7. The number of nitrogens with two attached hydrogens (primary N) is 2. The fraction of sp³-hybridized carbons (Fsp3) is 0.789. The van der Waals surface area contributed by atoms with E-state index < -0.39 is 60.6 Å². The van der Waals surface area contributed by atoms with Crippen molar-refractivity contribution in [3.05, 3.63) is 0 Å². The average molecular weight is 448 g/mol. The molecule has 0 aliphatic rings. The van der Waals surface area contributed by atoms with Crippen LogP contribution in [0.2, 0.25) is 0 Å². The third-order valence-corrected chi connectivity index (χ3v) is 4.50. The summed E-state index contributed by atoms with van der Waals surface area (Å²) in [5, 5.41) is 35.3. The molecule has 0 heterocycles. The molecule has 0 aromatic heterocycles. The molecule has 0 aliphatic heterocycles. The van der Waals surface area contributed by atoms with Gasteiger partial charge in [0, 0.05) is 0 Å². The number of carbonyl (C=O) groups is 4. The number of carbonyl (C=O) groups excluding carboxylic acids is 3. The van der Waals surface area contributed by atoms with Crippen molar-refractivity contribution in [3.63, 3.8) is 0 Å². The van der Waals surface area contributed by atoms with Crippen LogP contribution in [0.3, 0.4) is 0 Å². The Kier molecular flexibility index (Phi) is 13.6. The second-order valence-electron chi connectivity index (χ2n) is 7.89. The molecule has 0 aliphatic carbocycles. The van der Waals surface area contributed by atoms with Crippen molar-refractivity contribution >= 4 is 23.7 Å². The Labute approximate surface area is 182 Å². The lowest BCUT2D eigenvalue weighted by Crippen LogP contribution is -2.60. The van der Waals surface area contributed by atoms with E-state index in [9.17, 15) is 29.4 Å². The third kappa shape index (κ3) is 11.1. The Bertz CT molecular complexity index is 600. The summed E-state index contributed by atoms with van der Waals surface area (Å²) in [6.45, 7) is 4.61. The lowest BCUT2D eigenvalue weighted by molar-refractivity contribution is -0.143. The molecule has 5 unspecified atom stereocenters. The average Bonchev–Trinajstić information content (AvgIpc) is 2.68. The van der Waals surface area contributed by atoms with Gasteiger partial charge in [0.25, 0.3) is 0 Å². The fourth-order valence-corrected chi connectivity index (χ4v) is 2.74. The third-order valence-electron chi connectivity index (χ3n) is 4.50. The second kappa shape index (κ2) is 14.7. The van der Waals surface area contributed by atoms with Crippen LogP contribution < -0.4 is 27.4 Å². The van der Waals surface area contributed by atoms with Gasteiger partial charge in [-0.25, -0.2) is 4.79 Å². The van der Waals surface area contributed by atoms with Crippen molar-refractivity contribution in [2.24, 2.45) is 17.4 Å². The molecule has 31 heavy (non-hydrogen) atoms. The highest BCUT2D eigenvalue weighted by molar-refractivity contribution is 5.94. The lowest BCUT2D eigenvalue weighted by Gasteiger charge is -2.26. The Morgan fingerprint density at radius 3 is 1.94 bits per heavy atom. The summed E-state index contributed by atoms with van der Waals surface area (Å²) in [6, 6.07) is -4.94. The summed E-state index contributed by atoms with van der Waals surface area (Å²) in [6.07, 6.45) is 0.124. The van der Waals surface area contributed by atoms with Crippen molar-refractivity contribution in [1.82, 2.24) is 16.0 Å². The molecule has 0 radical (unpaired) electrons. The molecular weight excluding hydrogens is 410 g/mol. The van der Waals surface area contributed by atoms with Gasteiger partial charge in [-0.2, -0.15) is 0 Å². The number of carboxylic acid groups (broad SMARTS) is 1. The van der Waals surface area contributed by atoms with Crippen LogP contribution in [0.25, 0.3) is 0 Å². The Morgan fingerprint density at radius 1 is 0.903 bits per heavy atom. The van der Waals surface area contributed by atoms with E-state index in [1.165, 1.54) is 6.92 Å². The Hall–Kier alpha value is -2.28. The molecule has 10 N–H and O–H groups in total. The first-order valence-corrected chi connectivity index (χ1v) is 10.3. The van der Waals surface area contributed by atoms with E-state index in [0.717, 1.165) is 0 Å². The molecule has 0 saturated carbocycles. The van der Waals surface area contributed by atoms with Gasteiger partial charge in [-0.05, 0) is 45.1 Å². The molecule has 0 aromatic rings. The van der Waals surface area contributed by atoms with Crippen molar-refractivity contribution in [2.45, 2.75) is 76.7 Å². The van der Waals surface area contributed by atoms with E-state index in [-0.39, 0.29) is 18.8 Å².